The molecule has 0 aliphatic carbocycles. The van der Waals surface area contributed by atoms with Crippen LogP contribution >= 0.6 is 0 Å². The van der Waals surface area contributed by atoms with E-state index in [1.807, 2.05) is 25.1 Å². The molecule has 1 unspecified atom stereocenters. The Balaban J connectivity index is 1.94. The molecule has 6 heteroatoms. The topological polar surface area (TPSA) is 76.7 Å². The van der Waals surface area contributed by atoms with Crippen molar-refractivity contribution in [3.63, 3.8) is 0 Å². The monoisotopic (exact) mass is 370 g/mol. The van der Waals surface area contributed by atoms with E-state index in [1.54, 1.807) is 43.3 Å². The lowest BCUT2D eigenvalue weighted by Crippen LogP contribution is -2.32. The van der Waals surface area contributed by atoms with Crippen LogP contribution < -0.4 is 15.4 Å². The summed E-state index contributed by atoms with van der Waals surface area (Å²) in [6.45, 7) is 5.36. The van der Waals surface area contributed by atoms with Gasteiger partial charge in [0.2, 0.25) is 0 Å². The van der Waals surface area contributed by atoms with Crippen molar-refractivity contribution in [3.05, 3.63) is 60.2 Å². The maximum atomic E-state index is 12.4. The summed E-state index contributed by atoms with van der Waals surface area (Å²) in [5, 5.41) is 5.61. The Bertz CT molecular complexity index is 734. The maximum absolute atomic E-state index is 12.4. The molecule has 0 saturated heterocycles. The molecule has 2 N–H and O–H groups in total. The van der Waals surface area contributed by atoms with Crippen molar-refractivity contribution in [1.29, 1.82) is 0 Å². The summed E-state index contributed by atoms with van der Waals surface area (Å²) in [5.74, 6) is 0.0509. The van der Waals surface area contributed by atoms with Gasteiger partial charge >= 0.3 is 0 Å². The molecule has 0 fully saturated rings. The van der Waals surface area contributed by atoms with Gasteiger partial charge in [-0.15, -0.1) is 0 Å². The number of hydrogen-bond acceptors (Lipinski definition) is 4. The number of nitrogens with one attached hydrogen (secondary N) is 2. The van der Waals surface area contributed by atoms with Crippen LogP contribution in [0.5, 0.6) is 5.75 Å². The average molecular weight is 370 g/mol. The molecule has 2 aromatic rings. The van der Waals surface area contributed by atoms with Gasteiger partial charge < -0.3 is 20.1 Å². The zero-order valence-corrected chi connectivity index (χ0v) is 15.7. The molecular formula is C21H26N2O4. The highest BCUT2D eigenvalue weighted by Crippen LogP contribution is 2.17. The van der Waals surface area contributed by atoms with Crippen LogP contribution in [0, 0.1) is 0 Å². The lowest BCUT2D eigenvalue weighted by Gasteiger charge is -2.16. The van der Waals surface area contributed by atoms with Crippen LogP contribution in [0.25, 0.3) is 0 Å². The van der Waals surface area contributed by atoms with E-state index in [1.165, 1.54) is 0 Å². The lowest BCUT2D eigenvalue weighted by atomic mass is 10.1. The predicted octanol–water partition coefficient (Wildman–Crippen LogP) is 3.25. The summed E-state index contributed by atoms with van der Waals surface area (Å²) < 4.78 is 10.9. The molecule has 6 nitrogen and oxygen atoms in total. The van der Waals surface area contributed by atoms with E-state index in [0.29, 0.717) is 36.8 Å². The average Bonchev–Trinajstić information content (AvgIpc) is 2.68. The van der Waals surface area contributed by atoms with Crippen molar-refractivity contribution < 1.29 is 19.1 Å². The summed E-state index contributed by atoms with van der Waals surface area (Å²) in [5.41, 5.74) is 0.863. The summed E-state index contributed by atoms with van der Waals surface area (Å²) >= 11 is 0. The third-order valence-electron chi connectivity index (χ3n) is 3.81. The van der Waals surface area contributed by atoms with Crippen LogP contribution in [0.4, 0.5) is 5.69 Å². The minimum absolute atomic E-state index is 0.237. The van der Waals surface area contributed by atoms with E-state index >= 15 is 0 Å². The van der Waals surface area contributed by atoms with Crippen LogP contribution in [-0.4, -0.2) is 37.7 Å². The SMILES string of the molecule is CCOCCCNC(=O)c1ccccc1NC(=O)C(C)Oc1ccccc1. The van der Waals surface area contributed by atoms with Gasteiger partial charge in [-0.05, 0) is 44.5 Å². The Morgan fingerprint density at radius 3 is 2.48 bits per heavy atom. The van der Waals surface area contributed by atoms with Crippen LogP contribution in [0.3, 0.4) is 0 Å². The molecule has 144 valence electrons. The molecule has 0 radical (unpaired) electrons. The van der Waals surface area contributed by atoms with Gasteiger partial charge in [-0.1, -0.05) is 30.3 Å². The van der Waals surface area contributed by atoms with Crippen molar-refractivity contribution in [2.75, 3.05) is 25.1 Å². The second-order valence-corrected chi connectivity index (χ2v) is 5.91. The minimum Gasteiger partial charge on any atom is -0.481 e. The number of amides is 2. The maximum Gasteiger partial charge on any atom is 0.265 e. The third kappa shape index (κ3) is 6.75. The highest BCUT2D eigenvalue weighted by molar-refractivity contribution is 6.04. The van der Waals surface area contributed by atoms with Gasteiger partial charge in [0.1, 0.15) is 5.75 Å². The highest BCUT2D eigenvalue weighted by atomic mass is 16.5. The van der Waals surface area contributed by atoms with Gasteiger partial charge in [0.25, 0.3) is 11.8 Å². The van der Waals surface area contributed by atoms with E-state index in [4.69, 9.17) is 9.47 Å². The number of ether oxygens (including phenoxy) is 2. The first-order valence-electron chi connectivity index (χ1n) is 9.09. The fraction of sp³-hybridized carbons (Fsp3) is 0.333. The van der Waals surface area contributed by atoms with Gasteiger partial charge in [0, 0.05) is 19.8 Å². The first-order valence-corrected chi connectivity index (χ1v) is 9.09. The molecule has 2 rings (SSSR count). The van der Waals surface area contributed by atoms with Gasteiger partial charge in [-0.25, -0.2) is 0 Å². The first kappa shape index (κ1) is 20.5. The summed E-state index contributed by atoms with van der Waals surface area (Å²) in [6.07, 6.45) is 0.0329. The standard InChI is InChI=1S/C21H26N2O4/c1-3-26-15-9-14-22-21(25)18-12-7-8-13-19(18)23-20(24)16(2)27-17-10-5-4-6-11-17/h4-8,10-13,16H,3,9,14-15H2,1-2H3,(H,22,25)(H,23,24). The normalized spacial score (nSPS) is 11.5. The van der Waals surface area contributed by atoms with E-state index in [2.05, 4.69) is 10.6 Å². The number of rotatable bonds is 10. The van der Waals surface area contributed by atoms with Gasteiger partial charge in [-0.2, -0.15) is 0 Å². The van der Waals surface area contributed by atoms with Crippen molar-refractivity contribution in [2.45, 2.75) is 26.4 Å². The molecule has 0 spiro atoms. The fourth-order valence-corrected chi connectivity index (χ4v) is 2.40. The summed E-state index contributed by atoms with van der Waals surface area (Å²) in [7, 11) is 0. The Hall–Kier alpha value is -2.86. The van der Waals surface area contributed by atoms with Crippen LogP contribution in [-0.2, 0) is 9.53 Å². The Morgan fingerprint density at radius 2 is 1.74 bits per heavy atom. The van der Waals surface area contributed by atoms with Gasteiger partial charge in [-0.3, -0.25) is 9.59 Å². The van der Waals surface area contributed by atoms with Crippen LogP contribution in [0.15, 0.2) is 54.6 Å². The predicted molar refractivity (Wildman–Crippen MR) is 105 cm³/mol. The van der Waals surface area contributed by atoms with Crippen molar-refractivity contribution in [1.82, 2.24) is 5.32 Å². The van der Waals surface area contributed by atoms with Crippen LogP contribution in [0.1, 0.15) is 30.6 Å². The highest BCUT2D eigenvalue weighted by Gasteiger charge is 2.18. The molecular weight excluding hydrogens is 344 g/mol. The van der Waals surface area contributed by atoms with E-state index in [0.717, 1.165) is 6.42 Å². The largest absolute Gasteiger partial charge is 0.481 e. The Labute approximate surface area is 159 Å². The molecule has 27 heavy (non-hydrogen) atoms. The first-order chi connectivity index (χ1) is 13.1. The van der Waals surface area contributed by atoms with Gasteiger partial charge in [0.15, 0.2) is 6.10 Å². The lowest BCUT2D eigenvalue weighted by molar-refractivity contribution is -0.122. The molecule has 0 aliphatic rings. The molecule has 2 aromatic carbocycles. The minimum atomic E-state index is -0.699. The summed E-state index contributed by atoms with van der Waals surface area (Å²) in [6, 6.07) is 16.0. The molecule has 1 atom stereocenters. The zero-order chi connectivity index (χ0) is 19.5. The zero-order valence-electron chi connectivity index (χ0n) is 15.7. The number of benzene rings is 2. The Kier molecular flexibility index (Phi) is 8.32. The van der Waals surface area contributed by atoms with Crippen LogP contribution in [0.2, 0.25) is 0 Å². The number of anilines is 1. The second-order valence-electron chi connectivity index (χ2n) is 5.91. The van der Waals surface area contributed by atoms with Crippen molar-refractivity contribution in [3.8, 4) is 5.75 Å². The summed E-state index contributed by atoms with van der Waals surface area (Å²) in [4.78, 5) is 24.8. The molecule has 0 aromatic heterocycles. The number of para-hydroxylation sites is 2. The molecule has 0 bridgehead atoms. The number of carbonyl (C=O) groups is 2. The molecule has 0 heterocycles. The van der Waals surface area contributed by atoms with Gasteiger partial charge in [0.05, 0.1) is 11.3 Å². The van der Waals surface area contributed by atoms with E-state index in [-0.39, 0.29) is 11.8 Å². The quantitative estimate of drug-likeness (QED) is 0.630. The molecule has 2 amide bonds. The third-order valence-corrected chi connectivity index (χ3v) is 3.81. The Morgan fingerprint density at radius 1 is 1.04 bits per heavy atom. The second kappa shape index (κ2) is 11.0. The fourth-order valence-electron chi connectivity index (χ4n) is 2.40. The smallest absolute Gasteiger partial charge is 0.265 e. The number of carbonyl (C=O) groups excluding carboxylic acids is 2. The number of hydrogen-bond donors (Lipinski definition) is 2. The molecule has 0 saturated carbocycles. The molecule has 0 aliphatic heterocycles. The van der Waals surface area contributed by atoms with E-state index in [9.17, 15) is 9.59 Å². The van der Waals surface area contributed by atoms with Crippen molar-refractivity contribution >= 4 is 17.5 Å². The van der Waals surface area contributed by atoms with E-state index < -0.39 is 6.10 Å². The van der Waals surface area contributed by atoms with Crippen molar-refractivity contribution in [2.24, 2.45) is 0 Å².